The van der Waals surface area contributed by atoms with Gasteiger partial charge >= 0.3 is 0 Å². The second kappa shape index (κ2) is 8.92. The first-order valence-electron chi connectivity index (χ1n) is 9.03. The molecule has 0 radical (unpaired) electrons. The van der Waals surface area contributed by atoms with Gasteiger partial charge in [0, 0.05) is 13.1 Å². The average molecular weight is 388 g/mol. The van der Waals surface area contributed by atoms with Crippen molar-refractivity contribution >= 4 is 39.2 Å². The number of Topliss-reactive ketones (excluding diaryl/α,β-unsaturated/α-hetero) is 1. The van der Waals surface area contributed by atoms with E-state index in [1.165, 1.54) is 11.3 Å². The molecule has 6 N–H and O–H groups in total. The maximum absolute atomic E-state index is 13.0. The molecule has 0 bridgehead atoms. The van der Waals surface area contributed by atoms with Crippen molar-refractivity contribution in [2.75, 3.05) is 19.6 Å². The van der Waals surface area contributed by atoms with E-state index < -0.39 is 6.04 Å². The highest BCUT2D eigenvalue weighted by atomic mass is 32.1. The van der Waals surface area contributed by atoms with Crippen molar-refractivity contribution in [2.45, 2.75) is 25.3 Å². The van der Waals surface area contributed by atoms with Gasteiger partial charge in [-0.25, -0.2) is 4.98 Å². The van der Waals surface area contributed by atoms with Gasteiger partial charge in [0.05, 0.1) is 22.2 Å². The number of carbonyl (C=O) groups is 2. The van der Waals surface area contributed by atoms with Crippen molar-refractivity contribution in [3.8, 4) is 0 Å². The second-order valence-electron chi connectivity index (χ2n) is 6.58. The Bertz CT molecular complexity index is 797. The van der Waals surface area contributed by atoms with E-state index in [2.05, 4.69) is 20.9 Å². The maximum Gasteiger partial charge on any atom is 0.225 e. The van der Waals surface area contributed by atoms with Crippen LogP contribution in [-0.2, 0) is 4.79 Å². The molecule has 1 unspecified atom stereocenters. The molecule has 1 amide bonds. The molecule has 1 aromatic carbocycles. The van der Waals surface area contributed by atoms with Crippen molar-refractivity contribution in [3.63, 3.8) is 0 Å². The van der Waals surface area contributed by atoms with Crippen molar-refractivity contribution in [2.24, 2.45) is 11.7 Å². The third-order valence-corrected chi connectivity index (χ3v) is 5.60. The summed E-state index contributed by atoms with van der Waals surface area (Å²) in [7, 11) is 0. The fourth-order valence-corrected chi connectivity index (χ4v) is 4.05. The predicted octanol–water partition coefficient (Wildman–Crippen LogP) is 0.837. The Morgan fingerprint density at radius 2 is 2.22 bits per heavy atom. The van der Waals surface area contributed by atoms with Crippen LogP contribution >= 0.6 is 11.3 Å². The number of hydrogen-bond acceptors (Lipinski definition) is 6. The Morgan fingerprint density at radius 1 is 1.41 bits per heavy atom. The number of para-hydroxylation sites is 1. The van der Waals surface area contributed by atoms with E-state index in [9.17, 15) is 9.59 Å². The zero-order valence-electron chi connectivity index (χ0n) is 15.0. The molecule has 8 nitrogen and oxygen atoms in total. The van der Waals surface area contributed by atoms with E-state index in [0.29, 0.717) is 30.9 Å². The molecule has 27 heavy (non-hydrogen) atoms. The first kappa shape index (κ1) is 19.2. The van der Waals surface area contributed by atoms with Crippen LogP contribution in [0.4, 0.5) is 0 Å². The van der Waals surface area contributed by atoms with Crippen LogP contribution < -0.4 is 21.7 Å². The summed E-state index contributed by atoms with van der Waals surface area (Å²) < 4.78 is 0.948. The van der Waals surface area contributed by atoms with Crippen LogP contribution in [0, 0.1) is 11.3 Å². The van der Waals surface area contributed by atoms with E-state index in [1.54, 1.807) is 0 Å². The normalized spacial score (nSPS) is 17.6. The largest absolute Gasteiger partial charge is 0.370 e. The number of nitrogens with zero attached hydrogens (tertiary/aromatic N) is 1. The van der Waals surface area contributed by atoms with Gasteiger partial charge in [-0.1, -0.05) is 12.1 Å². The SMILES string of the molecule is N=C(N)NCCC[C@H](NC(=O)C1CCNC1)C(=O)c1nc2ccccc2s1. The van der Waals surface area contributed by atoms with Crippen LogP contribution in [0.15, 0.2) is 24.3 Å². The van der Waals surface area contributed by atoms with Gasteiger partial charge in [-0.15, -0.1) is 11.3 Å². The minimum Gasteiger partial charge on any atom is -0.370 e. The summed E-state index contributed by atoms with van der Waals surface area (Å²) in [6.07, 6.45) is 1.84. The van der Waals surface area contributed by atoms with Gasteiger partial charge in [-0.2, -0.15) is 0 Å². The zero-order valence-corrected chi connectivity index (χ0v) is 15.8. The summed E-state index contributed by atoms with van der Waals surface area (Å²) in [6, 6.07) is 6.97. The number of nitrogens with one attached hydrogen (secondary N) is 4. The highest BCUT2D eigenvalue weighted by Gasteiger charge is 2.29. The molecule has 9 heteroatoms. The third-order valence-electron chi connectivity index (χ3n) is 4.55. The van der Waals surface area contributed by atoms with Crippen LogP contribution in [0.1, 0.15) is 29.1 Å². The predicted molar refractivity (Wildman–Crippen MR) is 106 cm³/mol. The highest BCUT2D eigenvalue weighted by molar-refractivity contribution is 7.20. The molecule has 2 atom stereocenters. The van der Waals surface area contributed by atoms with Crippen molar-refractivity contribution in [3.05, 3.63) is 29.3 Å². The molecule has 2 aromatic rings. The first-order valence-corrected chi connectivity index (χ1v) is 9.85. The maximum atomic E-state index is 13.0. The first-order chi connectivity index (χ1) is 13.0. The molecule has 1 saturated heterocycles. The van der Waals surface area contributed by atoms with Crippen LogP contribution in [0.25, 0.3) is 10.2 Å². The number of fused-ring (bicyclic) bond motifs is 1. The van der Waals surface area contributed by atoms with Crippen LogP contribution in [-0.4, -0.2) is 48.3 Å². The summed E-state index contributed by atoms with van der Waals surface area (Å²) in [5, 5.41) is 16.4. The number of amides is 1. The molecule has 144 valence electrons. The van der Waals surface area contributed by atoms with Gasteiger partial charge in [0.25, 0.3) is 0 Å². The lowest BCUT2D eigenvalue weighted by atomic mass is 10.0. The van der Waals surface area contributed by atoms with Crippen molar-refractivity contribution in [1.82, 2.24) is 20.9 Å². The molecule has 0 aliphatic carbocycles. The topological polar surface area (TPSA) is 133 Å². The summed E-state index contributed by atoms with van der Waals surface area (Å²) in [5.41, 5.74) is 6.07. The Labute approximate surface area is 161 Å². The number of rotatable bonds is 8. The van der Waals surface area contributed by atoms with Gasteiger partial charge in [-0.3, -0.25) is 15.0 Å². The number of guanidine groups is 1. The number of ketones is 1. The molecule has 1 aromatic heterocycles. The monoisotopic (exact) mass is 388 g/mol. The number of benzene rings is 1. The van der Waals surface area contributed by atoms with Crippen molar-refractivity contribution in [1.29, 1.82) is 5.41 Å². The Balaban J connectivity index is 1.71. The minimum atomic E-state index is -0.632. The minimum absolute atomic E-state index is 0.0982. The lowest BCUT2D eigenvalue weighted by molar-refractivity contribution is -0.124. The number of nitrogens with two attached hydrogens (primary N) is 1. The third kappa shape index (κ3) is 5.01. The van der Waals surface area contributed by atoms with E-state index in [1.807, 2.05) is 24.3 Å². The van der Waals surface area contributed by atoms with E-state index in [0.717, 1.165) is 23.2 Å². The molecular formula is C18H24N6O2S. The van der Waals surface area contributed by atoms with Crippen LogP contribution in [0.2, 0.25) is 0 Å². The zero-order chi connectivity index (χ0) is 19.2. The number of thiazole rings is 1. The molecule has 1 aliphatic heterocycles. The average Bonchev–Trinajstić information content (AvgIpc) is 3.32. The van der Waals surface area contributed by atoms with E-state index >= 15 is 0 Å². The van der Waals surface area contributed by atoms with Gasteiger partial charge in [0.1, 0.15) is 0 Å². The lowest BCUT2D eigenvalue weighted by Crippen LogP contribution is -2.44. The standard InChI is InChI=1S/C18H24N6O2S/c19-18(20)22-8-3-5-13(23-16(26)11-7-9-21-10-11)15(25)17-24-12-4-1-2-6-14(12)27-17/h1-2,4,6,11,13,21H,3,5,7-10H2,(H,23,26)(H4,19,20,22)/t11?,13-/m0/s1. The van der Waals surface area contributed by atoms with Gasteiger partial charge in [-0.05, 0) is 37.9 Å². The van der Waals surface area contributed by atoms with Crippen molar-refractivity contribution < 1.29 is 9.59 Å². The molecule has 2 heterocycles. The quantitative estimate of drug-likeness (QED) is 0.197. The summed E-state index contributed by atoms with van der Waals surface area (Å²) in [4.78, 5) is 30.0. The molecule has 3 rings (SSSR count). The smallest absolute Gasteiger partial charge is 0.225 e. The number of carbonyl (C=O) groups excluding carboxylic acids is 2. The fraction of sp³-hybridized carbons (Fsp3) is 0.444. The molecule has 1 fully saturated rings. The Hall–Kier alpha value is -2.52. The number of hydrogen-bond donors (Lipinski definition) is 5. The van der Waals surface area contributed by atoms with Gasteiger partial charge < -0.3 is 21.7 Å². The second-order valence-corrected chi connectivity index (χ2v) is 7.62. The summed E-state index contributed by atoms with van der Waals surface area (Å²) in [6.45, 7) is 1.93. The highest BCUT2D eigenvalue weighted by Crippen LogP contribution is 2.23. The Morgan fingerprint density at radius 3 is 2.93 bits per heavy atom. The molecule has 0 spiro atoms. The fourth-order valence-electron chi connectivity index (χ4n) is 3.09. The Kier molecular flexibility index (Phi) is 6.36. The molecular weight excluding hydrogens is 364 g/mol. The van der Waals surface area contributed by atoms with E-state index in [-0.39, 0.29) is 23.6 Å². The van der Waals surface area contributed by atoms with E-state index in [4.69, 9.17) is 11.1 Å². The van der Waals surface area contributed by atoms with Gasteiger partial charge in [0.15, 0.2) is 11.0 Å². The number of aromatic nitrogens is 1. The van der Waals surface area contributed by atoms with Gasteiger partial charge in [0.2, 0.25) is 11.7 Å². The summed E-state index contributed by atoms with van der Waals surface area (Å²) in [5.74, 6) is -0.478. The molecule has 1 aliphatic rings. The molecule has 0 saturated carbocycles. The van der Waals surface area contributed by atoms with Crippen LogP contribution in [0.3, 0.4) is 0 Å². The summed E-state index contributed by atoms with van der Waals surface area (Å²) >= 11 is 1.34. The van der Waals surface area contributed by atoms with Crippen LogP contribution in [0.5, 0.6) is 0 Å². The lowest BCUT2D eigenvalue weighted by Gasteiger charge is -2.19.